The van der Waals surface area contributed by atoms with Crippen molar-refractivity contribution >= 4 is 34.0 Å². The molecule has 0 aromatic heterocycles. The second-order valence-electron chi connectivity index (χ2n) is 5.06. The fourth-order valence-electron chi connectivity index (χ4n) is 2.42. The zero-order valence-corrected chi connectivity index (χ0v) is 13.7. The Morgan fingerprint density at radius 1 is 1.35 bits per heavy atom. The van der Waals surface area contributed by atoms with Crippen LogP contribution < -0.4 is 5.73 Å². The van der Waals surface area contributed by atoms with Crippen LogP contribution in [0.2, 0.25) is 5.02 Å². The van der Waals surface area contributed by atoms with E-state index in [1.165, 1.54) is 10.4 Å². The smallest absolute Gasteiger partial charge is 0.243 e. The average Bonchev–Trinajstić information content (AvgIpc) is 2.39. The minimum Gasteiger partial charge on any atom is -0.328 e. The largest absolute Gasteiger partial charge is 0.328 e. The Kier molecular flexibility index (Phi) is 6.28. The van der Waals surface area contributed by atoms with Gasteiger partial charge in [0.2, 0.25) is 10.0 Å². The SMILES string of the molecule is CC(N)C1CCN(S(=O)(=O)c2cccc(Cl)c2)CC1.Cl. The van der Waals surface area contributed by atoms with Gasteiger partial charge in [-0.1, -0.05) is 17.7 Å². The molecule has 1 fully saturated rings. The molecule has 0 saturated carbocycles. The van der Waals surface area contributed by atoms with Gasteiger partial charge in [0.15, 0.2) is 0 Å². The molecular weight excluding hydrogens is 319 g/mol. The molecule has 114 valence electrons. The fraction of sp³-hybridized carbons (Fsp3) is 0.538. The summed E-state index contributed by atoms with van der Waals surface area (Å²) in [7, 11) is -3.43. The van der Waals surface area contributed by atoms with Gasteiger partial charge in [-0.05, 0) is 43.9 Å². The maximum atomic E-state index is 12.5. The Bertz CT molecular complexity index is 541. The lowest BCUT2D eigenvalue weighted by atomic mass is 9.92. The summed E-state index contributed by atoms with van der Waals surface area (Å²) in [5.41, 5.74) is 5.87. The zero-order valence-electron chi connectivity index (χ0n) is 11.3. The predicted octanol–water partition coefficient (Wildman–Crippen LogP) is 2.51. The maximum Gasteiger partial charge on any atom is 0.243 e. The standard InChI is InChI=1S/C13H19ClN2O2S.ClH/c1-10(15)11-5-7-16(8-6-11)19(17,18)13-4-2-3-12(14)9-13;/h2-4,9-11H,5-8,15H2,1H3;1H. The van der Waals surface area contributed by atoms with Crippen LogP contribution in [0.1, 0.15) is 19.8 Å². The summed E-state index contributed by atoms with van der Waals surface area (Å²) in [6.07, 6.45) is 1.63. The molecule has 2 rings (SSSR count). The van der Waals surface area contributed by atoms with Crippen LogP contribution in [0.5, 0.6) is 0 Å². The quantitative estimate of drug-likeness (QED) is 0.920. The summed E-state index contributed by atoms with van der Waals surface area (Å²) >= 11 is 5.86. The molecule has 2 N–H and O–H groups in total. The number of sulfonamides is 1. The van der Waals surface area contributed by atoms with E-state index >= 15 is 0 Å². The topological polar surface area (TPSA) is 63.4 Å². The summed E-state index contributed by atoms with van der Waals surface area (Å²) in [4.78, 5) is 0.263. The van der Waals surface area contributed by atoms with Crippen LogP contribution in [0.25, 0.3) is 0 Å². The van der Waals surface area contributed by atoms with Crippen molar-refractivity contribution in [1.29, 1.82) is 0 Å². The normalized spacial score (nSPS) is 19.4. The first-order valence-corrected chi connectivity index (χ1v) is 8.24. The molecule has 1 aromatic carbocycles. The van der Waals surface area contributed by atoms with Gasteiger partial charge in [-0.3, -0.25) is 0 Å². The molecule has 1 heterocycles. The molecule has 20 heavy (non-hydrogen) atoms. The van der Waals surface area contributed by atoms with Crippen LogP contribution in [-0.2, 0) is 10.0 Å². The van der Waals surface area contributed by atoms with Gasteiger partial charge in [0.05, 0.1) is 4.90 Å². The molecule has 0 amide bonds. The number of rotatable bonds is 3. The number of halogens is 2. The Balaban J connectivity index is 0.00000200. The molecule has 4 nitrogen and oxygen atoms in total. The Labute approximate surface area is 131 Å². The first-order valence-electron chi connectivity index (χ1n) is 6.42. The molecule has 1 unspecified atom stereocenters. The third kappa shape index (κ3) is 3.86. The fourth-order valence-corrected chi connectivity index (χ4v) is 4.19. The van der Waals surface area contributed by atoms with E-state index in [1.54, 1.807) is 18.2 Å². The van der Waals surface area contributed by atoms with E-state index in [0.717, 1.165) is 12.8 Å². The number of nitrogens with zero attached hydrogens (tertiary/aromatic N) is 1. The van der Waals surface area contributed by atoms with Gasteiger partial charge in [0.25, 0.3) is 0 Å². The zero-order chi connectivity index (χ0) is 14.0. The first-order chi connectivity index (χ1) is 8.91. The first kappa shape index (κ1) is 17.7. The molecule has 0 spiro atoms. The highest BCUT2D eigenvalue weighted by Crippen LogP contribution is 2.26. The minimum atomic E-state index is -3.43. The third-order valence-electron chi connectivity index (χ3n) is 3.68. The van der Waals surface area contributed by atoms with Gasteiger partial charge in [-0.25, -0.2) is 8.42 Å². The second-order valence-corrected chi connectivity index (χ2v) is 7.43. The summed E-state index contributed by atoms with van der Waals surface area (Å²) < 4.78 is 26.4. The van der Waals surface area contributed by atoms with E-state index in [2.05, 4.69) is 0 Å². The van der Waals surface area contributed by atoms with Crippen molar-refractivity contribution < 1.29 is 8.42 Å². The Morgan fingerprint density at radius 3 is 2.45 bits per heavy atom. The highest BCUT2D eigenvalue weighted by atomic mass is 35.5. The van der Waals surface area contributed by atoms with Gasteiger partial charge in [-0.15, -0.1) is 12.4 Å². The number of hydrogen-bond donors (Lipinski definition) is 1. The van der Waals surface area contributed by atoms with E-state index in [4.69, 9.17) is 17.3 Å². The summed E-state index contributed by atoms with van der Waals surface area (Å²) in [6.45, 7) is 3.04. The molecule has 0 aliphatic carbocycles. The molecule has 1 saturated heterocycles. The molecule has 1 atom stereocenters. The van der Waals surface area contributed by atoms with Crippen LogP contribution in [0.3, 0.4) is 0 Å². The van der Waals surface area contributed by atoms with Crippen molar-refractivity contribution in [2.45, 2.75) is 30.7 Å². The van der Waals surface area contributed by atoms with Crippen molar-refractivity contribution in [1.82, 2.24) is 4.31 Å². The lowest BCUT2D eigenvalue weighted by molar-refractivity contribution is 0.250. The van der Waals surface area contributed by atoms with Crippen LogP contribution in [0.4, 0.5) is 0 Å². The van der Waals surface area contributed by atoms with Crippen molar-refractivity contribution in [3.63, 3.8) is 0 Å². The predicted molar refractivity (Wildman–Crippen MR) is 83.8 cm³/mol. The molecule has 1 aliphatic heterocycles. The number of benzene rings is 1. The van der Waals surface area contributed by atoms with Crippen LogP contribution in [0, 0.1) is 5.92 Å². The van der Waals surface area contributed by atoms with Gasteiger partial charge < -0.3 is 5.73 Å². The van der Waals surface area contributed by atoms with Crippen LogP contribution in [-0.4, -0.2) is 31.9 Å². The van der Waals surface area contributed by atoms with E-state index in [-0.39, 0.29) is 23.3 Å². The molecule has 1 aromatic rings. The lowest BCUT2D eigenvalue weighted by Gasteiger charge is -2.32. The number of piperidine rings is 1. The second kappa shape index (κ2) is 7.09. The van der Waals surface area contributed by atoms with Gasteiger partial charge in [0, 0.05) is 24.2 Å². The lowest BCUT2D eigenvalue weighted by Crippen LogP contribution is -2.42. The molecular formula is C13H20Cl2N2O2S. The summed E-state index contributed by atoms with van der Waals surface area (Å²) in [5, 5.41) is 0.437. The number of nitrogens with two attached hydrogens (primary N) is 1. The van der Waals surface area contributed by atoms with Gasteiger partial charge in [-0.2, -0.15) is 4.31 Å². The molecule has 7 heteroatoms. The molecule has 0 radical (unpaired) electrons. The van der Waals surface area contributed by atoms with Crippen LogP contribution >= 0.6 is 24.0 Å². The van der Waals surface area contributed by atoms with Gasteiger partial charge >= 0.3 is 0 Å². The van der Waals surface area contributed by atoms with E-state index in [1.807, 2.05) is 6.92 Å². The Hall–Kier alpha value is -0.330. The van der Waals surface area contributed by atoms with Gasteiger partial charge in [0.1, 0.15) is 0 Å². The third-order valence-corrected chi connectivity index (χ3v) is 5.81. The van der Waals surface area contributed by atoms with Crippen molar-refractivity contribution in [2.24, 2.45) is 11.7 Å². The highest BCUT2D eigenvalue weighted by Gasteiger charge is 2.30. The average molecular weight is 339 g/mol. The van der Waals surface area contributed by atoms with E-state index < -0.39 is 10.0 Å². The Morgan fingerprint density at radius 2 is 1.95 bits per heavy atom. The van der Waals surface area contributed by atoms with Crippen molar-refractivity contribution in [3.05, 3.63) is 29.3 Å². The monoisotopic (exact) mass is 338 g/mol. The molecule has 1 aliphatic rings. The number of hydrogen-bond acceptors (Lipinski definition) is 3. The summed E-state index contributed by atoms with van der Waals surface area (Å²) in [5.74, 6) is 0.408. The highest BCUT2D eigenvalue weighted by molar-refractivity contribution is 7.89. The maximum absolute atomic E-state index is 12.5. The van der Waals surface area contributed by atoms with E-state index in [0.29, 0.717) is 24.0 Å². The van der Waals surface area contributed by atoms with Crippen molar-refractivity contribution in [3.8, 4) is 0 Å². The van der Waals surface area contributed by atoms with Crippen LogP contribution in [0.15, 0.2) is 29.2 Å². The molecule has 0 bridgehead atoms. The summed E-state index contributed by atoms with van der Waals surface area (Å²) in [6, 6.07) is 6.52. The van der Waals surface area contributed by atoms with Crippen molar-refractivity contribution in [2.75, 3.05) is 13.1 Å². The minimum absolute atomic E-state index is 0. The van der Waals surface area contributed by atoms with E-state index in [9.17, 15) is 8.42 Å².